The van der Waals surface area contributed by atoms with Gasteiger partial charge in [-0.05, 0) is 47.9 Å². The molecule has 7 heteroatoms. The molecule has 2 heterocycles. The fourth-order valence-electron chi connectivity index (χ4n) is 3.90. The van der Waals surface area contributed by atoms with Gasteiger partial charge in [0.1, 0.15) is 5.82 Å². The molecule has 1 fully saturated rings. The summed E-state index contributed by atoms with van der Waals surface area (Å²) < 4.78 is 25.9. The Labute approximate surface area is 180 Å². The van der Waals surface area contributed by atoms with Crippen molar-refractivity contribution in [1.82, 2.24) is 10.2 Å². The standard InChI is InChI=1S/C23H24ClFN2O3/c1-15(18-3-2-4-19(24)12-18)30-23-22(17-5-7-20(25)8-6-17)27(9-10-29-23)14-16-11-21(28)26-13-16/h2-8,11-12,15,22-23H,9-10,13-14H2,1H3,(H,26,28)/t15-,22+,23-/m1/s1. The molecule has 0 saturated carbocycles. The zero-order valence-corrected chi connectivity index (χ0v) is 17.4. The summed E-state index contributed by atoms with van der Waals surface area (Å²) >= 11 is 6.13. The monoisotopic (exact) mass is 430 g/mol. The summed E-state index contributed by atoms with van der Waals surface area (Å²) in [5, 5.41) is 3.46. The molecule has 0 aromatic heterocycles. The van der Waals surface area contributed by atoms with Crippen LogP contribution in [-0.2, 0) is 14.3 Å². The van der Waals surface area contributed by atoms with Crippen LogP contribution >= 0.6 is 11.6 Å². The van der Waals surface area contributed by atoms with E-state index in [1.54, 1.807) is 18.2 Å². The minimum absolute atomic E-state index is 0.0704. The molecule has 0 bridgehead atoms. The molecule has 2 aliphatic heterocycles. The lowest BCUT2D eigenvalue weighted by Gasteiger charge is -2.42. The van der Waals surface area contributed by atoms with Crippen molar-refractivity contribution in [2.75, 3.05) is 26.2 Å². The Morgan fingerprint density at radius 2 is 2.10 bits per heavy atom. The summed E-state index contributed by atoms with van der Waals surface area (Å²) in [5.74, 6) is -0.362. The fourth-order valence-corrected chi connectivity index (χ4v) is 4.10. The minimum atomic E-state index is -0.552. The summed E-state index contributed by atoms with van der Waals surface area (Å²) in [7, 11) is 0. The molecule has 158 valence electrons. The van der Waals surface area contributed by atoms with Crippen LogP contribution in [0.5, 0.6) is 0 Å². The van der Waals surface area contributed by atoms with E-state index in [0.29, 0.717) is 31.3 Å². The summed E-state index contributed by atoms with van der Waals surface area (Å²) in [5.41, 5.74) is 2.86. The van der Waals surface area contributed by atoms with Gasteiger partial charge >= 0.3 is 0 Å². The molecule has 0 aliphatic carbocycles. The van der Waals surface area contributed by atoms with E-state index in [4.69, 9.17) is 21.1 Å². The topological polar surface area (TPSA) is 50.8 Å². The number of benzene rings is 2. The maximum Gasteiger partial charge on any atom is 0.244 e. The highest BCUT2D eigenvalue weighted by Gasteiger charge is 2.36. The lowest BCUT2D eigenvalue weighted by Crippen LogP contribution is -2.47. The highest BCUT2D eigenvalue weighted by molar-refractivity contribution is 6.30. The van der Waals surface area contributed by atoms with E-state index in [1.165, 1.54) is 12.1 Å². The normalized spacial score (nSPS) is 23.2. The minimum Gasteiger partial charge on any atom is -0.349 e. The van der Waals surface area contributed by atoms with Crippen molar-refractivity contribution in [1.29, 1.82) is 0 Å². The van der Waals surface area contributed by atoms with Gasteiger partial charge in [0.15, 0.2) is 6.29 Å². The Hall–Kier alpha value is -2.25. The van der Waals surface area contributed by atoms with Crippen LogP contribution in [0.2, 0.25) is 5.02 Å². The smallest absolute Gasteiger partial charge is 0.244 e. The van der Waals surface area contributed by atoms with E-state index in [2.05, 4.69) is 10.2 Å². The van der Waals surface area contributed by atoms with E-state index in [9.17, 15) is 9.18 Å². The Balaban J connectivity index is 1.59. The molecule has 3 atom stereocenters. The van der Waals surface area contributed by atoms with Crippen LogP contribution in [0.15, 0.2) is 60.2 Å². The van der Waals surface area contributed by atoms with Gasteiger partial charge in [-0.15, -0.1) is 0 Å². The molecular weight excluding hydrogens is 407 g/mol. The van der Waals surface area contributed by atoms with Gasteiger partial charge in [0.05, 0.1) is 18.8 Å². The Bertz CT molecular complexity index is 934. The van der Waals surface area contributed by atoms with Gasteiger partial charge in [-0.1, -0.05) is 35.9 Å². The van der Waals surface area contributed by atoms with Crippen LogP contribution in [0.1, 0.15) is 30.2 Å². The molecule has 1 N–H and O–H groups in total. The number of ether oxygens (including phenoxy) is 2. The Morgan fingerprint density at radius 3 is 2.80 bits per heavy atom. The molecule has 30 heavy (non-hydrogen) atoms. The van der Waals surface area contributed by atoms with Crippen LogP contribution in [-0.4, -0.2) is 43.3 Å². The van der Waals surface area contributed by atoms with Crippen LogP contribution in [0, 0.1) is 5.82 Å². The zero-order valence-electron chi connectivity index (χ0n) is 16.7. The summed E-state index contributed by atoms with van der Waals surface area (Å²) in [6.07, 6.45) is 0.844. The number of morpholine rings is 1. The zero-order chi connectivity index (χ0) is 21.1. The molecule has 0 radical (unpaired) electrons. The van der Waals surface area contributed by atoms with Gasteiger partial charge in [0.2, 0.25) is 5.91 Å². The molecule has 1 saturated heterocycles. The second kappa shape index (κ2) is 9.27. The number of amides is 1. The maximum absolute atomic E-state index is 13.5. The lowest BCUT2D eigenvalue weighted by molar-refractivity contribution is -0.228. The molecule has 5 nitrogen and oxygen atoms in total. The summed E-state index contributed by atoms with van der Waals surface area (Å²) in [4.78, 5) is 13.8. The number of hydrogen-bond acceptors (Lipinski definition) is 4. The first-order valence-electron chi connectivity index (χ1n) is 9.99. The van der Waals surface area contributed by atoms with Crippen LogP contribution in [0.4, 0.5) is 4.39 Å². The second-order valence-corrected chi connectivity index (χ2v) is 8.00. The van der Waals surface area contributed by atoms with Gasteiger partial charge in [0.25, 0.3) is 0 Å². The number of hydrogen-bond donors (Lipinski definition) is 1. The second-order valence-electron chi connectivity index (χ2n) is 7.56. The average molecular weight is 431 g/mol. The average Bonchev–Trinajstić information content (AvgIpc) is 3.14. The number of nitrogens with one attached hydrogen (secondary N) is 1. The highest BCUT2D eigenvalue weighted by Crippen LogP contribution is 2.34. The lowest BCUT2D eigenvalue weighted by atomic mass is 10.0. The molecular formula is C23H24ClFN2O3. The van der Waals surface area contributed by atoms with Crippen molar-refractivity contribution in [3.05, 3.63) is 82.1 Å². The van der Waals surface area contributed by atoms with Gasteiger partial charge in [0, 0.05) is 30.7 Å². The maximum atomic E-state index is 13.5. The molecule has 0 spiro atoms. The van der Waals surface area contributed by atoms with Crippen molar-refractivity contribution in [3.63, 3.8) is 0 Å². The third-order valence-corrected chi connectivity index (χ3v) is 5.65. The van der Waals surface area contributed by atoms with Crippen LogP contribution in [0.3, 0.4) is 0 Å². The first-order chi connectivity index (χ1) is 14.5. The number of carbonyl (C=O) groups is 1. The first kappa shape index (κ1) is 21.0. The Morgan fingerprint density at radius 1 is 1.30 bits per heavy atom. The molecule has 4 rings (SSSR count). The van der Waals surface area contributed by atoms with Crippen molar-refractivity contribution in [3.8, 4) is 0 Å². The highest BCUT2D eigenvalue weighted by atomic mass is 35.5. The van der Waals surface area contributed by atoms with Gasteiger partial charge in [-0.3, -0.25) is 9.69 Å². The van der Waals surface area contributed by atoms with E-state index >= 15 is 0 Å². The third kappa shape index (κ3) is 4.90. The van der Waals surface area contributed by atoms with E-state index in [1.807, 2.05) is 31.2 Å². The van der Waals surface area contributed by atoms with Gasteiger partial charge < -0.3 is 14.8 Å². The van der Waals surface area contributed by atoms with Crippen LogP contribution < -0.4 is 5.32 Å². The number of nitrogens with zero attached hydrogens (tertiary/aromatic N) is 1. The van der Waals surface area contributed by atoms with Crippen LogP contribution in [0.25, 0.3) is 0 Å². The molecule has 0 unspecified atom stereocenters. The molecule has 2 aromatic carbocycles. The predicted octanol–water partition coefficient (Wildman–Crippen LogP) is 4.01. The van der Waals surface area contributed by atoms with Crippen molar-refractivity contribution >= 4 is 17.5 Å². The number of halogens is 2. The molecule has 2 aromatic rings. The summed E-state index contributed by atoms with van der Waals surface area (Å²) in [6.45, 7) is 4.28. The van der Waals surface area contributed by atoms with Gasteiger partial charge in [-0.25, -0.2) is 4.39 Å². The largest absolute Gasteiger partial charge is 0.349 e. The predicted molar refractivity (Wildman–Crippen MR) is 112 cm³/mol. The first-order valence-corrected chi connectivity index (χ1v) is 10.4. The molecule has 2 aliphatic rings. The molecule has 1 amide bonds. The van der Waals surface area contributed by atoms with E-state index in [0.717, 1.165) is 16.7 Å². The number of rotatable bonds is 6. The quantitative estimate of drug-likeness (QED) is 0.752. The van der Waals surface area contributed by atoms with E-state index < -0.39 is 6.29 Å². The van der Waals surface area contributed by atoms with Crippen molar-refractivity contribution in [2.24, 2.45) is 0 Å². The third-order valence-electron chi connectivity index (χ3n) is 5.41. The SMILES string of the molecule is C[C@@H](O[C@H]1OCCN(CC2=CC(=O)NC2)[C@H]1c1ccc(F)cc1)c1cccc(Cl)c1. The van der Waals surface area contributed by atoms with Gasteiger partial charge in [-0.2, -0.15) is 0 Å². The van der Waals surface area contributed by atoms with E-state index in [-0.39, 0.29) is 23.9 Å². The van der Waals surface area contributed by atoms with Crippen molar-refractivity contribution in [2.45, 2.75) is 25.4 Å². The Kier molecular flexibility index (Phi) is 6.49. The summed E-state index contributed by atoms with van der Waals surface area (Å²) in [6, 6.07) is 13.7. The fraction of sp³-hybridized carbons (Fsp3) is 0.348. The van der Waals surface area contributed by atoms with Crippen molar-refractivity contribution < 1.29 is 18.7 Å². The number of carbonyl (C=O) groups excluding carboxylic acids is 1.